The molecule has 0 unspecified atom stereocenters. The highest BCUT2D eigenvalue weighted by molar-refractivity contribution is 5.79. The van der Waals surface area contributed by atoms with Crippen molar-refractivity contribution in [2.45, 2.75) is 19.1 Å². The van der Waals surface area contributed by atoms with Crippen molar-refractivity contribution in [2.24, 2.45) is 0 Å². The second-order valence-corrected chi connectivity index (χ2v) is 4.96. The zero-order valence-corrected chi connectivity index (χ0v) is 12.5. The molecule has 0 atom stereocenters. The van der Waals surface area contributed by atoms with Crippen molar-refractivity contribution in [1.82, 2.24) is 5.32 Å². The molecule has 0 aliphatic rings. The number of alkyl halides is 3. The molecule has 23 heavy (non-hydrogen) atoms. The maximum absolute atomic E-state index is 12.5. The van der Waals surface area contributed by atoms with Gasteiger partial charge in [-0.2, -0.15) is 13.2 Å². The van der Waals surface area contributed by atoms with Gasteiger partial charge in [0.05, 0.1) is 19.1 Å². The molecule has 0 saturated heterocycles. The number of halogens is 3. The van der Waals surface area contributed by atoms with E-state index in [0.717, 1.165) is 17.7 Å². The number of nitrogens with one attached hydrogen (secondary N) is 1. The molecule has 0 fully saturated rings. The summed E-state index contributed by atoms with van der Waals surface area (Å²) in [5.74, 6) is 0.395. The van der Waals surface area contributed by atoms with Gasteiger partial charge in [0.25, 0.3) is 0 Å². The lowest BCUT2D eigenvalue weighted by Gasteiger charge is -2.10. The van der Waals surface area contributed by atoms with Gasteiger partial charge in [-0.15, -0.1) is 0 Å². The van der Waals surface area contributed by atoms with Crippen molar-refractivity contribution in [3.8, 4) is 5.75 Å². The number of amides is 1. The molecule has 2 aromatic rings. The van der Waals surface area contributed by atoms with Crippen molar-refractivity contribution >= 4 is 5.91 Å². The van der Waals surface area contributed by atoms with Crippen LogP contribution in [-0.2, 0) is 23.9 Å². The van der Waals surface area contributed by atoms with Gasteiger partial charge in [-0.25, -0.2) is 0 Å². The number of para-hydroxylation sites is 1. The third kappa shape index (κ3) is 4.74. The summed E-state index contributed by atoms with van der Waals surface area (Å²) >= 11 is 0. The molecule has 0 bridgehead atoms. The Balaban J connectivity index is 1.92. The van der Waals surface area contributed by atoms with Gasteiger partial charge in [-0.1, -0.05) is 30.3 Å². The third-order valence-corrected chi connectivity index (χ3v) is 3.31. The molecule has 1 amide bonds. The number of carbonyl (C=O) groups excluding carboxylic acids is 1. The standard InChI is InChI=1S/C17H16F3NO2/c1-23-15-5-3-2-4-13(15)10-16(22)21-11-12-6-8-14(9-7-12)17(18,19)20/h2-9H,10-11H2,1H3,(H,21,22). The molecule has 122 valence electrons. The van der Waals surface area contributed by atoms with E-state index in [-0.39, 0.29) is 18.9 Å². The van der Waals surface area contributed by atoms with E-state index in [1.165, 1.54) is 19.2 Å². The van der Waals surface area contributed by atoms with Gasteiger partial charge in [0.15, 0.2) is 0 Å². The van der Waals surface area contributed by atoms with E-state index in [9.17, 15) is 18.0 Å². The van der Waals surface area contributed by atoms with Crippen LogP contribution in [0.25, 0.3) is 0 Å². The fourth-order valence-corrected chi connectivity index (χ4v) is 2.10. The van der Waals surface area contributed by atoms with E-state index in [0.29, 0.717) is 11.3 Å². The van der Waals surface area contributed by atoms with E-state index in [1.54, 1.807) is 18.2 Å². The van der Waals surface area contributed by atoms with Crippen LogP contribution >= 0.6 is 0 Å². The molecule has 2 aromatic carbocycles. The minimum absolute atomic E-state index is 0.144. The van der Waals surface area contributed by atoms with E-state index in [4.69, 9.17) is 4.74 Å². The number of carbonyl (C=O) groups is 1. The van der Waals surface area contributed by atoms with E-state index >= 15 is 0 Å². The lowest BCUT2D eigenvalue weighted by Crippen LogP contribution is -2.24. The minimum atomic E-state index is -4.36. The van der Waals surface area contributed by atoms with Gasteiger partial charge >= 0.3 is 6.18 Å². The number of methoxy groups -OCH3 is 1. The Bertz CT molecular complexity index is 666. The molecule has 2 rings (SSSR count). The van der Waals surface area contributed by atoms with Gasteiger partial charge < -0.3 is 10.1 Å². The summed E-state index contributed by atoms with van der Waals surface area (Å²) in [6.45, 7) is 0.173. The predicted molar refractivity (Wildman–Crippen MR) is 80.0 cm³/mol. The van der Waals surface area contributed by atoms with E-state index in [2.05, 4.69) is 5.32 Å². The summed E-state index contributed by atoms with van der Waals surface area (Å²) in [6, 6.07) is 11.9. The summed E-state index contributed by atoms with van der Waals surface area (Å²) in [5.41, 5.74) is 0.646. The van der Waals surface area contributed by atoms with Crippen molar-refractivity contribution in [3.63, 3.8) is 0 Å². The molecule has 0 spiro atoms. The first-order valence-electron chi connectivity index (χ1n) is 6.95. The molecular weight excluding hydrogens is 307 g/mol. The summed E-state index contributed by atoms with van der Waals surface area (Å²) in [7, 11) is 1.53. The molecular formula is C17H16F3NO2. The number of benzene rings is 2. The van der Waals surface area contributed by atoms with E-state index in [1.807, 2.05) is 6.07 Å². The van der Waals surface area contributed by atoms with Gasteiger partial charge in [0, 0.05) is 12.1 Å². The Hall–Kier alpha value is -2.50. The third-order valence-electron chi connectivity index (χ3n) is 3.31. The lowest BCUT2D eigenvalue weighted by molar-refractivity contribution is -0.137. The van der Waals surface area contributed by atoms with Crippen molar-refractivity contribution in [1.29, 1.82) is 0 Å². The Kier molecular flexibility index (Phi) is 5.26. The summed E-state index contributed by atoms with van der Waals surface area (Å²) in [6.07, 6.45) is -4.21. The largest absolute Gasteiger partial charge is 0.496 e. The Morgan fingerprint density at radius 2 is 1.74 bits per heavy atom. The van der Waals surface area contributed by atoms with Crippen LogP contribution in [0.2, 0.25) is 0 Å². The summed E-state index contributed by atoms with van der Waals surface area (Å²) < 4.78 is 42.6. The zero-order chi connectivity index (χ0) is 16.9. The zero-order valence-electron chi connectivity index (χ0n) is 12.5. The van der Waals surface area contributed by atoms with Crippen LogP contribution in [0.3, 0.4) is 0 Å². The fraction of sp³-hybridized carbons (Fsp3) is 0.235. The van der Waals surface area contributed by atoms with Crippen LogP contribution in [0.5, 0.6) is 5.75 Å². The van der Waals surface area contributed by atoms with Crippen molar-refractivity contribution < 1.29 is 22.7 Å². The van der Waals surface area contributed by atoms with Crippen LogP contribution in [0.1, 0.15) is 16.7 Å². The lowest BCUT2D eigenvalue weighted by atomic mass is 10.1. The monoisotopic (exact) mass is 323 g/mol. The average Bonchev–Trinajstić information content (AvgIpc) is 2.53. The Labute approximate surface area is 132 Å². The van der Waals surface area contributed by atoms with Crippen molar-refractivity contribution in [3.05, 3.63) is 65.2 Å². The maximum Gasteiger partial charge on any atom is 0.416 e. The van der Waals surface area contributed by atoms with Crippen LogP contribution in [-0.4, -0.2) is 13.0 Å². The average molecular weight is 323 g/mol. The maximum atomic E-state index is 12.5. The second-order valence-electron chi connectivity index (χ2n) is 4.96. The van der Waals surface area contributed by atoms with Crippen LogP contribution in [0.15, 0.2) is 48.5 Å². The molecule has 0 aliphatic heterocycles. The normalized spacial score (nSPS) is 11.1. The number of hydrogen-bond donors (Lipinski definition) is 1. The Morgan fingerprint density at radius 1 is 1.09 bits per heavy atom. The molecule has 0 saturated carbocycles. The first kappa shape index (κ1) is 16.9. The topological polar surface area (TPSA) is 38.3 Å². The van der Waals surface area contributed by atoms with E-state index < -0.39 is 11.7 Å². The predicted octanol–water partition coefficient (Wildman–Crippen LogP) is 3.57. The van der Waals surface area contributed by atoms with Crippen LogP contribution < -0.4 is 10.1 Å². The molecule has 0 radical (unpaired) electrons. The molecule has 0 aromatic heterocycles. The summed E-state index contributed by atoms with van der Waals surface area (Å²) in [4.78, 5) is 11.9. The highest BCUT2D eigenvalue weighted by Crippen LogP contribution is 2.29. The SMILES string of the molecule is COc1ccccc1CC(=O)NCc1ccc(C(F)(F)F)cc1. The second kappa shape index (κ2) is 7.17. The number of ether oxygens (including phenoxy) is 1. The van der Waals surface area contributed by atoms with Gasteiger partial charge in [-0.3, -0.25) is 4.79 Å². The Morgan fingerprint density at radius 3 is 2.35 bits per heavy atom. The smallest absolute Gasteiger partial charge is 0.416 e. The number of hydrogen-bond acceptors (Lipinski definition) is 2. The minimum Gasteiger partial charge on any atom is -0.496 e. The molecule has 6 heteroatoms. The van der Waals surface area contributed by atoms with Crippen LogP contribution in [0, 0.1) is 0 Å². The van der Waals surface area contributed by atoms with Gasteiger partial charge in [0.1, 0.15) is 5.75 Å². The number of rotatable bonds is 5. The highest BCUT2D eigenvalue weighted by atomic mass is 19.4. The molecule has 3 nitrogen and oxygen atoms in total. The first-order chi connectivity index (χ1) is 10.9. The molecule has 1 N–H and O–H groups in total. The van der Waals surface area contributed by atoms with Crippen LogP contribution in [0.4, 0.5) is 13.2 Å². The quantitative estimate of drug-likeness (QED) is 0.913. The highest BCUT2D eigenvalue weighted by Gasteiger charge is 2.29. The molecule has 0 heterocycles. The summed E-state index contributed by atoms with van der Waals surface area (Å²) in [5, 5.41) is 2.68. The fourth-order valence-electron chi connectivity index (χ4n) is 2.10. The van der Waals surface area contributed by atoms with Crippen molar-refractivity contribution in [2.75, 3.05) is 7.11 Å². The first-order valence-corrected chi connectivity index (χ1v) is 6.95. The molecule has 0 aliphatic carbocycles. The van der Waals surface area contributed by atoms with Gasteiger partial charge in [-0.05, 0) is 23.8 Å². The van der Waals surface area contributed by atoms with Gasteiger partial charge in [0.2, 0.25) is 5.91 Å².